The Morgan fingerprint density at radius 3 is 2.64 bits per heavy atom. The standard InChI is InChI=1S/C9H18N2O3/c1-2-3-4-5-10-9(13)11-6-7-14-8-12/h8H,2-7H2,1H3,(H2,10,11,13). The van der Waals surface area contributed by atoms with Crippen LogP contribution in [-0.2, 0) is 9.53 Å². The van der Waals surface area contributed by atoms with Gasteiger partial charge in [-0.1, -0.05) is 19.8 Å². The van der Waals surface area contributed by atoms with Gasteiger partial charge in [-0.3, -0.25) is 4.79 Å². The van der Waals surface area contributed by atoms with Crippen LogP contribution in [0.1, 0.15) is 26.2 Å². The van der Waals surface area contributed by atoms with Crippen LogP contribution in [0.25, 0.3) is 0 Å². The molecule has 5 heteroatoms. The molecule has 0 aliphatic heterocycles. The van der Waals surface area contributed by atoms with Gasteiger partial charge in [-0.25, -0.2) is 4.79 Å². The molecule has 14 heavy (non-hydrogen) atoms. The fourth-order valence-electron chi connectivity index (χ4n) is 0.911. The van der Waals surface area contributed by atoms with E-state index in [-0.39, 0.29) is 12.6 Å². The van der Waals surface area contributed by atoms with Gasteiger partial charge in [0.25, 0.3) is 6.47 Å². The van der Waals surface area contributed by atoms with Crippen molar-refractivity contribution in [3.05, 3.63) is 0 Å². The highest BCUT2D eigenvalue weighted by molar-refractivity contribution is 5.73. The number of rotatable bonds is 8. The van der Waals surface area contributed by atoms with Crippen LogP contribution in [-0.4, -0.2) is 32.2 Å². The SMILES string of the molecule is CCCCCNC(=O)NCCOC=O. The van der Waals surface area contributed by atoms with Crippen molar-refractivity contribution in [3.8, 4) is 0 Å². The van der Waals surface area contributed by atoms with Gasteiger partial charge in [0.1, 0.15) is 6.61 Å². The molecule has 82 valence electrons. The maximum absolute atomic E-state index is 11.0. The fraction of sp³-hybridized carbons (Fsp3) is 0.778. The zero-order valence-electron chi connectivity index (χ0n) is 8.54. The van der Waals surface area contributed by atoms with Gasteiger partial charge < -0.3 is 15.4 Å². The van der Waals surface area contributed by atoms with Crippen LogP contribution >= 0.6 is 0 Å². The number of ether oxygens (including phenoxy) is 1. The van der Waals surface area contributed by atoms with Crippen LogP contribution in [0.3, 0.4) is 0 Å². The third kappa shape index (κ3) is 8.83. The summed E-state index contributed by atoms with van der Waals surface area (Å²) in [4.78, 5) is 20.7. The summed E-state index contributed by atoms with van der Waals surface area (Å²) >= 11 is 0. The fourth-order valence-corrected chi connectivity index (χ4v) is 0.911. The third-order valence-electron chi connectivity index (χ3n) is 1.64. The average Bonchev–Trinajstić information content (AvgIpc) is 2.19. The van der Waals surface area contributed by atoms with Crippen molar-refractivity contribution >= 4 is 12.5 Å². The van der Waals surface area contributed by atoms with E-state index in [4.69, 9.17) is 0 Å². The number of hydrogen-bond acceptors (Lipinski definition) is 3. The van der Waals surface area contributed by atoms with Gasteiger partial charge >= 0.3 is 6.03 Å². The summed E-state index contributed by atoms with van der Waals surface area (Å²) in [6.07, 6.45) is 3.25. The van der Waals surface area contributed by atoms with Crippen molar-refractivity contribution in [2.75, 3.05) is 19.7 Å². The van der Waals surface area contributed by atoms with Crippen molar-refractivity contribution in [2.24, 2.45) is 0 Å². The first kappa shape index (κ1) is 12.7. The molecule has 0 aromatic rings. The Hall–Kier alpha value is -1.26. The Labute approximate surface area is 84.2 Å². The van der Waals surface area contributed by atoms with Gasteiger partial charge in [0.2, 0.25) is 0 Å². The quantitative estimate of drug-likeness (QED) is 0.448. The zero-order chi connectivity index (χ0) is 10.6. The highest BCUT2D eigenvalue weighted by Crippen LogP contribution is 1.90. The molecule has 0 rings (SSSR count). The van der Waals surface area contributed by atoms with Crippen molar-refractivity contribution in [1.29, 1.82) is 0 Å². The first-order valence-corrected chi connectivity index (χ1v) is 4.88. The molecule has 0 saturated heterocycles. The highest BCUT2D eigenvalue weighted by atomic mass is 16.5. The van der Waals surface area contributed by atoms with E-state index in [2.05, 4.69) is 22.3 Å². The van der Waals surface area contributed by atoms with Crippen LogP contribution in [0.15, 0.2) is 0 Å². The molecule has 5 nitrogen and oxygen atoms in total. The number of carbonyl (C=O) groups excluding carboxylic acids is 2. The molecule has 0 fully saturated rings. The van der Waals surface area contributed by atoms with Gasteiger partial charge in [0, 0.05) is 6.54 Å². The summed E-state index contributed by atoms with van der Waals surface area (Å²) < 4.78 is 4.40. The monoisotopic (exact) mass is 202 g/mol. The molecule has 0 radical (unpaired) electrons. The Kier molecular flexibility index (Phi) is 8.94. The molecule has 0 bridgehead atoms. The predicted octanol–water partition coefficient (Wildman–Crippen LogP) is 0.649. The highest BCUT2D eigenvalue weighted by Gasteiger charge is 1.97. The summed E-state index contributed by atoms with van der Waals surface area (Å²) in [6.45, 7) is 3.72. The minimum absolute atomic E-state index is 0.212. The van der Waals surface area contributed by atoms with Crippen LogP contribution in [0.4, 0.5) is 4.79 Å². The van der Waals surface area contributed by atoms with E-state index in [9.17, 15) is 9.59 Å². The summed E-state index contributed by atoms with van der Waals surface area (Å²) in [5, 5.41) is 5.26. The van der Waals surface area contributed by atoms with Crippen LogP contribution in [0, 0.1) is 0 Å². The molecule has 0 aliphatic carbocycles. The first-order valence-electron chi connectivity index (χ1n) is 4.88. The zero-order valence-corrected chi connectivity index (χ0v) is 8.54. The lowest BCUT2D eigenvalue weighted by Gasteiger charge is -2.06. The van der Waals surface area contributed by atoms with E-state index in [0.717, 1.165) is 19.3 Å². The molecule has 0 unspecified atom stereocenters. The van der Waals surface area contributed by atoms with E-state index < -0.39 is 0 Å². The average molecular weight is 202 g/mol. The summed E-state index contributed by atoms with van der Waals surface area (Å²) in [7, 11) is 0. The predicted molar refractivity (Wildman–Crippen MR) is 52.9 cm³/mol. The molecule has 2 amide bonds. The van der Waals surface area contributed by atoms with Gasteiger partial charge in [-0.05, 0) is 6.42 Å². The van der Waals surface area contributed by atoms with Crippen LogP contribution < -0.4 is 10.6 Å². The van der Waals surface area contributed by atoms with Crippen molar-refractivity contribution < 1.29 is 14.3 Å². The number of nitrogens with one attached hydrogen (secondary N) is 2. The van der Waals surface area contributed by atoms with E-state index >= 15 is 0 Å². The molecule has 0 aromatic carbocycles. The lowest BCUT2D eigenvalue weighted by molar-refractivity contribution is -0.128. The maximum atomic E-state index is 11.0. The van der Waals surface area contributed by atoms with E-state index in [0.29, 0.717) is 19.6 Å². The van der Waals surface area contributed by atoms with E-state index in [1.165, 1.54) is 0 Å². The molecule has 0 spiro atoms. The van der Waals surface area contributed by atoms with Gasteiger partial charge in [0.15, 0.2) is 0 Å². The largest absolute Gasteiger partial charge is 0.466 e. The molecule has 0 saturated carbocycles. The molecule has 0 aliphatic rings. The molecular weight excluding hydrogens is 184 g/mol. The van der Waals surface area contributed by atoms with E-state index in [1.807, 2.05) is 0 Å². The lowest BCUT2D eigenvalue weighted by Crippen LogP contribution is -2.37. The van der Waals surface area contributed by atoms with Gasteiger partial charge in [-0.15, -0.1) is 0 Å². The molecule has 0 heterocycles. The molecule has 0 atom stereocenters. The number of hydrogen-bond donors (Lipinski definition) is 2. The number of carbonyl (C=O) groups is 2. The van der Waals surface area contributed by atoms with E-state index in [1.54, 1.807) is 0 Å². The van der Waals surface area contributed by atoms with Crippen molar-refractivity contribution in [2.45, 2.75) is 26.2 Å². The Morgan fingerprint density at radius 2 is 2.00 bits per heavy atom. The lowest BCUT2D eigenvalue weighted by atomic mass is 10.2. The number of urea groups is 1. The number of unbranched alkanes of at least 4 members (excludes halogenated alkanes) is 2. The maximum Gasteiger partial charge on any atom is 0.314 e. The smallest absolute Gasteiger partial charge is 0.314 e. The summed E-state index contributed by atoms with van der Waals surface area (Å²) in [5.74, 6) is 0. The van der Waals surface area contributed by atoms with Crippen molar-refractivity contribution in [3.63, 3.8) is 0 Å². The second kappa shape index (κ2) is 9.83. The minimum Gasteiger partial charge on any atom is -0.466 e. The first-order chi connectivity index (χ1) is 6.81. The topological polar surface area (TPSA) is 67.4 Å². The third-order valence-corrected chi connectivity index (χ3v) is 1.64. The molecule has 0 aromatic heterocycles. The normalized spacial score (nSPS) is 9.21. The number of amides is 2. The Balaban J connectivity index is 3.15. The van der Waals surface area contributed by atoms with Crippen molar-refractivity contribution in [1.82, 2.24) is 10.6 Å². The van der Waals surface area contributed by atoms with Crippen LogP contribution in [0.5, 0.6) is 0 Å². The Bertz CT molecular complexity index is 162. The van der Waals surface area contributed by atoms with Gasteiger partial charge in [-0.2, -0.15) is 0 Å². The van der Waals surface area contributed by atoms with Crippen LogP contribution in [0.2, 0.25) is 0 Å². The minimum atomic E-state index is -0.212. The molecule has 2 N–H and O–H groups in total. The summed E-state index contributed by atoms with van der Waals surface area (Å²) in [6, 6.07) is -0.212. The second-order valence-electron chi connectivity index (χ2n) is 2.86. The Morgan fingerprint density at radius 1 is 1.29 bits per heavy atom. The molecular formula is C9H18N2O3. The summed E-state index contributed by atoms with van der Waals surface area (Å²) in [5.41, 5.74) is 0. The second-order valence-corrected chi connectivity index (χ2v) is 2.86. The van der Waals surface area contributed by atoms with Gasteiger partial charge in [0.05, 0.1) is 6.54 Å².